The molecule has 0 aliphatic carbocycles. The zero-order valence-electron chi connectivity index (χ0n) is 9.23. The number of hydrogen-bond donors (Lipinski definition) is 1. The van der Waals surface area contributed by atoms with E-state index in [-0.39, 0.29) is 12.0 Å². The number of amides is 1. The summed E-state index contributed by atoms with van der Waals surface area (Å²) in [6.45, 7) is 0.118. The molecule has 0 saturated carbocycles. The Hall–Kier alpha value is -2.30. The van der Waals surface area contributed by atoms with Crippen LogP contribution in [-0.4, -0.2) is 13.2 Å². The second kappa shape index (κ2) is 4.69. The fraction of sp³-hybridized carbons (Fsp3) is 0.167. The molecule has 17 heavy (non-hydrogen) atoms. The Morgan fingerprint density at radius 2 is 2.18 bits per heavy atom. The van der Waals surface area contributed by atoms with Crippen LogP contribution in [-0.2, 0) is 11.3 Å². The Bertz CT molecular complexity index is 603. The number of nitrogens with one attached hydrogen (secondary N) is 1. The topological polar surface area (TPSA) is 68.5 Å². The lowest BCUT2D eigenvalue weighted by molar-refractivity contribution is 0.169. The molecule has 0 fully saturated rings. The first-order valence-electron chi connectivity index (χ1n) is 5.04. The Balaban J connectivity index is 2.31. The highest BCUT2D eigenvalue weighted by Gasteiger charge is 2.05. The summed E-state index contributed by atoms with van der Waals surface area (Å²) in [6, 6.07) is 8.31. The van der Waals surface area contributed by atoms with Crippen molar-refractivity contribution in [2.75, 3.05) is 7.11 Å². The standard InChI is InChI=1S/C12H11NO4/c1-16-12(15)13-7-8-6-10(14)9-4-2-3-5-11(9)17-8/h2-6H,7H2,1H3,(H,13,15). The molecule has 0 radical (unpaired) electrons. The quantitative estimate of drug-likeness (QED) is 0.856. The normalized spacial score (nSPS) is 10.2. The van der Waals surface area contributed by atoms with Gasteiger partial charge in [-0.2, -0.15) is 0 Å². The van der Waals surface area contributed by atoms with E-state index >= 15 is 0 Å². The van der Waals surface area contributed by atoms with E-state index in [1.54, 1.807) is 24.3 Å². The number of methoxy groups -OCH3 is 1. The zero-order chi connectivity index (χ0) is 12.3. The van der Waals surface area contributed by atoms with Gasteiger partial charge < -0.3 is 14.5 Å². The van der Waals surface area contributed by atoms with Gasteiger partial charge in [0.1, 0.15) is 11.3 Å². The minimum Gasteiger partial charge on any atom is -0.459 e. The molecule has 1 heterocycles. The van der Waals surface area contributed by atoms with Crippen molar-refractivity contribution in [3.8, 4) is 0 Å². The molecular formula is C12H11NO4. The number of ether oxygens (including phenoxy) is 1. The summed E-state index contributed by atoms with van der Waals surface area (Å²) < 4.78 is 9.89. The van der Waals surface area contributed by atoms with Crippen LogP contribution in [0.2, 0.25) is 0 Å². The molecule has 5 nitrogen and oxygen atoms in total. The molecule has 0 bridgehead atoms. The largest absolute Gasteiger partial charge is 0.459 e. The maximum atomic E-state index is 11.7. The van der Waals surface area contributed by atoms with Crippen molar-refractivity contribution in [2.24, 2.45) is 0 Å². The van der Waals surface area contributed by atoms with Crippen LogP contribution >= 0.6 is 0 Å². The monoisotopic (exact) mass is 233 g/mol. The van der Waals surface area contributed by atoms with Gasteiger partial charge in [-0.3, -0.25) is 4.79 Å². The SMILES string of the molecule is COC(=O)NCc1cc(=O)c2ccccc2o1. The second-order valence-electron chi connectivity index (χ2n) is 3.42. The molecule has 0 aliphatic heterocycles. The van der Waals surface area contributed by atoms with Gasteiger partial charge >= 0.3 is 6.09 Å². The Kier molecular flexibility index (Phi) is 3.09. The van der Waals surface area contributed by atoms with Crippen molar-refractivity contribution >= 4 is 17.1 Å². The highest BCUT2D eigenvalue weighted by Crippen LogP contribution is 2.11. The number of fused-ring (bicyclic) bond motifs is 1. The van der Waals surface area contributed by atoms with E-state index in [0.29, 0.717) is 16.7 Å². The number of rotatable bonds is 2. The van der Waals surface area contributed by atoms with Crippen LogP contribution in [0.1, 0.15) is 5.76 Å². The highest BCUT2D eigenvalue weighted by molar-refractivity contribution is 5.76. The van der Waals surface area contributed by atoms with Gasteiger partial charge in [0.05, 0.1) is 19.0 Å². The summed E-state index contributed by atoms with van der Waals surface area (Å²) in [5, 5.41) is 2.97. The summed E-state index contributed by atoms with van der Waals surface area (Å²) in [6.07, 6.45) is -0.569. The average Bonchev–Trinajstić information content (AvgIpc) is 2.36. The molecular weight excluding hydrogens is 222 g/mol. The molecule has 2 aromatic rings. The fourth-order valence-corrected chi connectivity index (χ4v) is 1.47. The van der Waals surface area contributed by atoms with E-state index in [4.69, 9.17) is 4.42 Å². The third-order valence-electron chi connectivity index (χ3n) is 2.28. The van der Waals surface area contributed by atoms with Crippen molar-refractivity contribution in [2.45, 2.75) is 6.54 Å². The van der Waals surface area contributed by atoms with Crippen LogP contribution in [0, 0.1) is 0 Å². The number of para-hydroxylation sites is 1. The summed E-state index contributed by atoms with van der Waals surface area (Å²) in [7, 11) is 1.27. The van der Waals surface area contributed by atoms with E-state index in [2.05, 4.69) is 10.1 Å². The first-order valence-corrected chi connectivity index (χ1v) is 5.04. The molecule has 0 unspecified atom stereocenters. The van der Waals surface area contributed by atoms with E-state index < -0.39 is 6.09 Å². The van der Waals surface area contributed by atoms with Crippen molar-refractivity contribution < 1.29 is 13.9 Å². The third-order valence-corrected chi connectivity index (χ3v) is 2.28. The maximum absolute atomic E-state index is 11.7. The predicted molar refractivity (Wildman–Crippen MR) is 61.7 cm³/mol. The molecule has 88 valence electrons. The minimum absolute atomic E-state index is 0.118. The van der Waals surface area contributed by atoms with Crippen LogP contribution in [0.3, 0.4) is 0 Å². The summed E-state index contributed by atoms with van der Waals surface area (Å²) in [5.41, 5.74) is 0.371. The molecule has 0 saturated heterocycles. The van der Waals surface area contributed by atoms with Gasteiger partial charge in [0.2, 0.25) is 0 Å². The average molecular weight is 233 g/mol. The third kappa shape index (κ3) is 2.44. The van der Waals surface area contributed by atoms with Gasteiger partial charge in [-0.25, -0.2) is 4.79 Å². The molecule has 0 aliphatic rings. The molecule has 1 N–H and O–H groups in total. The van der Waals surface area contributed by atoms with Gasteiger partial charge in [0, 0.05) is 6.07 Å². The molecule has 0 atom stereocenters. The van der Waals surface area contributed by atoms with E-state index in [1.165, 1.54) is 13.2 Å². The molecule has 1 aromatic heterocycles. The Morgan fingerprint density at radius 1 is 1.41 bits per heavy atom. The van der Waals surface area contributed by atoms with Crippen molar-refractivity contribution in [3.63, 3.8) is 0 Å². The maximum Gasteiger partial charge on any atom is 0.407 e. The number of benzene rings is 1. The number of carbonyl (C=O) groups excluding carboxylic acids is 1. The zero-order valence-corrected chi connectivity index (χ0v) is 9.23. The minimum atomic E-state index is -0.569. The van der Waals surface area contributed by atoms with Gasteiger partial charge in [0.25, 0.3) is 0 Å². The molecule has 1 aromatic carbocycles. The van der Waals surface area contributed by atoms with Crippen LogP contribution in [0.25, 0.3) is 11.0 Å². The molecule has 5 heteroatoms. The first kappa shape index (κ1) is 11.2. The van der Waals surface area contributed by atoms with Crippen molar-refractivity contribution in [1.29, 1.82) is 0 Å². The van der Waals surface area contributed by atoms with Crippen molar-refractivity contribution in [1.82, 2.24) is 5.32 Å². The number of hydrogen-bond acceptors (Lipinski definition) is 4. The molecule has 1 amide bonds. The lowest BCUT2D eigenvalue weighted by atomic mass is 10.2. The Morgan fingerprint density at radius 3 is 2.94 bits per heavy atom. The van der Waals surface area contributed by atoms with E-state index in [9.17, 15) is 9.59 Å². The smallest absolute Gasteiger partial charge is 0.407 e. The number of alkyl carbamates (subject to hydrolysis) is 1. The van der Waals surface area contributed by atoms with Gasteiger partial charge in [0.15, 0.2) is 5.43 Å². The first-order chi connectivity index (χ1) is 8.20. The molecule has 2 rings (SSSR count). The summed E-state index contributed by atoms with van der Waals surface area (Å²) in [4.78, 5) is 22.6. The highest BCUT2D eigenvalue weighted by atomic mass is 16.5. The lowest BCUT2D eigenvalue weighted by Gasteiger charge is -2.04. The second-order valence-corrected chi connectivity index (χ2v) is 3.42. The number of carbonyl (C=O) groups is 1. The van der Waals surface area contributed by atoms with E-state index in [1.807, 2.05) is 0 Å². The Labute approximate surface area is 97.0 Å². The van der Waals surface area contributed by atoms with Crippen LogP contribution in [0.5, 0.6) is 0 Å². The summed E-state index contributed by atoms with van der Waals surface area (Å²) >= 11 is 0. The van der Waals surface area contributed by atoms with Gasteiger partial charge in [-0.05, 0) is 12.1 Å². The van der Waals surface area contributed by atoms with Crippen LogP contribution in [0.15, 0.2) is 39.5 Å². The van der Waals surface area contributed by atoms with Gasteiger partial charge in [-0.1, -0.05) is 12.1 Å². The predicted octanol–water partition coefficient (Wildman–Crippen LogP) is 1.65. The lowest BCUT2D eigenvalue weighted by Crippen LogP contribution is -2.22. The molecule has 0 spiro atoms. The van der Waals surface area contributed by atoms with Crippen molar-refractivity contribution in [3.05, 3.63) is 46.3 Å². The van der Waals surface area contributed by atoms with Crippen LogP contribution in [0.4, 0.5) is 4.79 Å². The van der Waals surface area contributed by atoms with E-state index in [0.717, 1.165) is 0 Å². The van der Waals surface area contributed by atoms with Gasteiger partial charge in [-0.15, -0.1) is 0 Å². The summed E-state index contributed by atoms with van der Waals surface area (Å²) in [5.74, 6) is 0.388. The van der Waals surface area contributed by atoms with Crippen LogP contribution < -0.4 is 10.7 Å². The fourth-order valence-electron chi connectivity index (χ4n) is 1.47.